The lowest BCUT2D eigenvalue weighted by atomic mass is 9.77. The highest BCUT2D eigenvalue weighted by Crippen LogP contribution is 2.37. The van der Waals surface area contributed by atoms with Crippen molar-refractivity contribution in [2.75, 3.05) is 6.61 Å². The maximum Gasteiger partial charge on any atom is 0.306 e. The predicted molar refractivity (Wildman–Crippen MR) is 158 cm³/mol. The molecule has 0 aliphatic heterocycles. The van der Waals surface area contributed by atoms with Crippen molar-refractivity contribution in [3.05, 3.63) is 94.4 Å². The first-order chi connectivity index (χ1) is 19.3. The van der Waals surface area contributed by atoms with Gasteiger partial charge in [-0.2, -0.15) is 0 Å². The quantitative estimate of drug-likeness (QED) is 0.244. The maximum atomic E-state index is 12.9. The predicted octanol–water partition coefficient (Wildman–Crippen LogP) is 7.08. The molecule has 0 unspecified atom stereocenters. The van der Waals surface area contributed by atoms with Crippen molar-refractivity contribution in [2.24, 2.45) is 5.92 Å². The van der Waals surface area contributed by atoms with Gasteiger partial charge in [0.05, 0.1) is 6.61 Å². The smallest absolute Gasteiger partial charge is 0.306 e. The van der Waals surface area contributed by atoms with Crippen LogP contribution in [-0.2, 0) is 16.1 Å². The van der Waals surface area contributed by atoms with Crippen LogP contribution in [0.5, 0.6) is 0 Å². The van der Waals surface area contributed by atoms with Crippen LogP contribution < -0.4 is 5.32 Å². The Labute approximate surface area is 236 Å². The second kappa shape index (κ2) is 12.1. The Morgan fingerprint density at radius 2 is 1.60 bits per heavy atom. The Morgan fingerprint density at radius 1 is 0.925 bits per heavy atom. The molecule has 40 heavy (non-hydrogen) atoms. The average Bonchev–Trinajstić information content (AvgIpc) is 3.37. The van der Waals surface area contributed by atoms with Gasteiger partial charge in [-0.25, -0.2) is 4.98 Å². The summed E-state index contributed by atoms with van der Waals surface area (Å²) < 4.78 is 7.05. The van der Waals surface area contributed by atoms with Crippen molar-refractivity contribution >= 4 is 17.5 Å². The lowest BCUT2D eigenvalue weighted by Crippen LogP contribution is -2.24. The van der Waals surface area contributed by atoms with E-state index in [1.54, 1.807) is 6.20 Å². The summed E-state index contributed by atoms with van der Waals surface area (Å²) in [4.78, 5) is 29.3. The third-order valence-corrected chi connectivity index (χ3v) is 8.27. The van der Waals surface area contributed by atoms with Gasteiger partial charge >= 0.3 is 5.97 Å². The maximum absolute atomic E-state index is 12.9. The highest BCUT2D eigenvalue weighted by molar-refractivity contribution is 5.93. The van der Waals surface area contributed by atoms with Crippen molar-refractivity contribution in [1.29, 1.82) is 0 Å². The number of nitrogens with one attached hydrogen (secondary N) is 1. The molecule has 0 saturated heterocycles. The van der Waals surface area contributed by atoms with Gasteiger partial charge in [-0.1, -0.05) is 42.0 Å². The molecule has 0 atom stereocenters. The normalized spacial score (nSPS) is 17.1. The number of hydrogen-bond acceptors (Lipinski definition) is 4. The third kappa shape index (κ3) is 6.27. The largest absolute Gasteiger partial charge is 0.466 e. The number of pyridine rings is 1. The lowest BCUT2D eigenvalue weighted by molar-refractivity contribution is -0.144. The Morgan fingerprint density at radius 3 is 2.27 bits per heavy atom. The number of carbonyl (C=O) groups is 2. The number of ether oxygens (including phenoxy) is 1. The molecule has 1 aliphatic rings. The van der Waals surface area contributed by atoms with E-state index in [0.29, 0.717) is 37.1 Å². The van der Waals surface area contributed by atoms with E-state index in [1.807, 2.05) is 23.6 Å². The Bertz CT molecular complexity index is 1490. The third-order valence-electron chi connectivity index (χ3n) is 8.27. The summed E-state index contributed by atoms with van der Waals surface area (Å²) in [6.45, 7) is 9.05. The molecule has 6 nitrogen and oxygen atoms in total. The number of fused-ring (bicyclic) bond motifs is 1. The minimum absolute atomic E-state index is 0.0645. The molecule has 1 amide bonds. The number of hydrogen-bond donors (Lipinski definition) is 1. The van der Waals surface area contributed by atoms with E-state index >= 15 is 0 Å². The van der Waals surface area contributed by atoms with Crippen LogP contribution in [0.2, 0.25) is 0 Å². The summed E-state index contributed by atoms with van der Waals surface area (Å²) in [6.07, 6.45) is 8.74. The van der Waals surface area contributed by atoms with E-state index in [-0.39, 0.29) is 11.9 Å². The standard InChI is InChI=1S/C34H39N3O3/c1-5-40-33(38)18-25-6-8-26(9-7-25)27-10-12-28(13-11-27)29-14-15-32-36-31(21-37(32)20-29)34(39)35-19-30-23(3)16-22(2)17-24(30)4/h10-17,20-21,25-26H,5-9,18-19H2,1-4H3,(H,35,39)/t25-,26-. The molecule has 0 radical (unpaired) electrons. The fourth-order valence-electron chi connectivity index (χ4n) is 6.12. The van der Waals surface area contributed by atoms with E-state index < -0.39 is 0 Å². The molecule has 1 N–H and O–H groups in total. The summed E-state index contributed by atoms with van der Waals surface area (Å²) in [7, 11) is 0. The van der Waals surface area contributed by atoms with Crippen LogP contribution in [0.15, 0.2) is 60.9 Å². The van der Waals surface area contributed by atoms with Gasteiger partial charge < -0.3 is 14.5 Å². The van der Waals surface area contributed by atoms with Crippen LogP contribution in [-0.4, -0.2) is 27.9 Å². The summed E-state index contributed by atoms with van der Waals surface area (Å²) >= 11 is 0. The molecular weight excluding hydrogens is 498 g/mol. The zero-order valence-corrected chi connectivity index (χ0v) is 24.0. The van der Waals surface area contributed by atoms with E-state index in [2.05, 4.69) is 73.5 Å². The number of aryl methyl sites for hydroxylation is 3. The minimum atomic E-state index is -0.175. The number of carbonyl (C=O) groups excluding carboxylic acids is 2. The van der Waals surface area contributed by atoms with Gasteiger partial charge in [-0.3, -0.25) is 9.59 Å². The summed E-state index contributed by atoms with van der Waals surface area (Å²) in [5, 5.41) is 3.04. The van der Waals surface area contributed by atoms with Crippen molar-refractivity contribution < 1.29 is 14.3 Å². The highest BCUT2D eigenvalue weighted by atomic mass is 16.5. The topological polar surface area (TPSA) is 72.7 Å². The average molecular weight is 538 g/mol. The molecule has 0 bridgehead atoms. The number of esters is 1. The lowest BCUT2D eigenvalue weighted by Gasteiger charge is -2.28. The van der Waals surface area contributed by atoms with Gasteiger partial charge in [-0.05, 0) is 111 Å². The SMILES string of the molecule is CCOC(=O)C[C@H]1CC[C@H](c2ccc(-c3ccc4nc(C(=O)NCc5c(C)cc(C)cc5C)cn4c3)cc2)CC1. The molecule has 1 aliphatic carbocycles. The number of amides is 1. The number of rotatable bonds is 8. The van der Waals surface area contributed by atoms with Crippen molar-refractivity contribution in [2.45, 2.75) is 72.3 Å². The monoisotopic (exact) mass is 537 g/mol. The van der Waals surface area contributed by atoms with Gasteiger partial charge in [0.2, 0.25) is 0 Å². The van der Waals surface area contributed by atoms with Crippen molar-refractivity contribution in [3.63, 3.8) is 0 Å². The van der Waals surface area contributed by atoms with Crippen LogP contribution in [0.25, 0.3) is 16.8 Å². The molecule has 5 rings (SSSR count). The highest BCUT2D eigenvalue weighted by Gasteiger charge is 2.24. The molecule has 1 saturated carbocycles. The fraction of sp³-hybridized carbons (Fsp3) is 0.382. The molecule has 2 heterocycles. The Balaban J connectivity index is 1.22. The zero-order chi connectivity index (χ0) is 28.2. The van der Waals surface area contributed by atoms with Gasteiger partial charge in [0, 0.05) is 25.4 Å². The molecular formula is C34H39N3O3. The summed E-state index contributed by atoms with van der Waals surface area (Å²) in [6, 6.07) is 17.1. The van der Waals surface area contributed by atoms with E-state index in [4.69, 9.17) is 4.74 Å². The van der Waals surface area contributed by atoms with Gasteiger partial charge in [0.15, 0.2) is 0 Å². The fourth-order valence-corrected chi connectivity index (χ4v) is 6.12. The number of benzene rings is 2. The molecule has 208 valence electrons. The first kappa shape index (κ1) is 27.6. The number of aromatic nitrogens is 2. The molecule has 2 aromatic heterocycles. The molecule has 6 heteroatoms. The summed E-state index contributed by atoms with van der Waals surface area (Å²) in [5.74, 6) is 0.743. The number of imidazole rings is 1. The van der Waals surface area contributed by atoms with Crippen LogP contribution in [0, 0.1) is 26.7 Å². The molecule has 2 aromatic carbocycles. The second-order valence-electron chi connectivity index (χ2n) is 11.2. The van der Waals surface area contributed by atoms with Crippen LogP contribution >= 0.6 is 0 Å². The van der Waals surface area contributed by atoms with E-state index in [0.717, 1.165) is 48.0 Å². The Hall–Kier alpha value is -3.93. The van der Waals surface area contributed by atoms with Crippen molar-refractivity contribution in [3.8, 4) is 11.1 Å². The molecule has 1 fully saturated rings. The summed E-state index contributed by atoms with van der Waals surface area (Å²) in [5.41, 5.74) is 9.47. The number of nitrogens with zero attached hydrogens (tertiary/aromatic N) is 2. The van der Waals surface area contributed by atoms with Gasteiger partial charge in [0.25, 0.3) is 5.91 Å². The van der Waals surface area contributed by atoms with Gasteiger partial charge in [0.1, 0.15) is 11.3 Å². The van der Waals surface area contributed by atoms with Gasteiger partial charge in [-0.15, -0.1) is 0 Å². The first-order valence-electron chi connectivity index (χ1n) is 14.4. The van der Waals surface area contributed by atoms with Crippen molar-refractivity contribution in [1.82, 2.24) is 14.7 Å². The van der Waals surface area contributed by atoms with E-state index in [1.165, 1.54) is 22.3 Å². The van der Waals surface area contributed by atoms with E-state index in [9.17, 15) is 9.59 Å². The Kier molecular flexibility index (Phi) is 8.34. The van der Waals surface area contributed by atoms with Crippen LogP contribution in [0.4, 0.5) is 0 Å². The first-order valence-corrected chi connectivity index (χ1v) is 14.4. The minimum Gasteiger partial charge on any atom is -0.466 e. The zero-order valence-electron chi connectivity index (χ0n) is 24.0. The van der Waals surface area contributed by atoms with Crippen LogP contribution in [0.3, 0.4) is 0 Å². The second-order valence-corrected chi connectivity index (χ2v) is 11.2. The van der Waals surface area contributed by atoms with Crippen LogP contribution in [0.1, 0.15) is 83.3 Å². The molecule has 0 spiro atoms. The molecule has 4 aromatic rings.